The van der Waals surface area contributed by atoms with Gasteiger partial charge >= 0.3 is 5.97 Å². The molecule has 4 unspecified atom stereocenters. The number of rotatable bonds is 16. The minimum absolute atomic E-state index is 0.00639. The molecule has 0 aromatic carbocycles. The van der Waals surface area contributed by atoms with E-state index in [0.29, 0.717) is 19.4 Å². The molecule has 0 heterocycles. The largest absolute Gasteiger partial charge is 0.480 e. The Hall–Kier alpha value is -3.26. The van der Waals surface area contributed by atoms with Crippen LogP contribution in [-0.4, -0.2) is 71.3 Å². The lowest BCUT2D eigenvalue weighted by Crippen LogP contribution is -2.56. The lowest BCUT2D eigenvalue weighted by Gasteiger charge is -2.23. The summed E-state index contributed by atoms with van der Waals surface area (Å²) in [5.41, 5.74) is 21.2. The first-order chi connectivity index (χ1) is 14.9. The predicted octanol–water partition coefficient (Wildman–Crippen LogP) is -3.86. The number of nitrogens with one attached hydrogen (secondary N) is 3. The summed E-state index contributed by atoms with van der Waals surface area (Å²) in [7, 11) is 0. The first kappa shape index (κ1) is 28.7. The van der Waals surface area contributed by atoms with Gasteiger partial charge < -0.3 is 44.0 Å². The fraction of sp³-hybridized carbons (Fsp3) is 0.667. The topological polar surface area (TPSA) is 263 Å². The highest BCUT2D eigenvalue weighted by Gasteiger charge is 2.28. The molecule has 0 aliphatic carbocycles. The van der Waals surface area contributed by atoms with Crippen molar-refractivity contribution in [3.63, 3.8) is 0 Å². The zero-order valence-electron chi connectivity index (χ0n) is 18.0. The zero-order valence-corrected chi connectivity index (χ0v) is 18.0. The number of carbonyl (C=O) groups is 6. The fourth-order valence-electron chi connectivity index (χ4n) is 2.55. The number of nitrogens with two attached hydrogens (primary N) is 4. The summed E-state index contributed by atoms with van der Waals surface area (Å²) in [5.74, 6) is -5.26. The van der Waals surface area contributed by atoms with Crippen LogP contribution in [0.4, 0.5) is 0 Å². The molecule has 0 aromatic rings. The second kappa shape index (κ2) is 14.7. The van der Waals surface area contributed by atoms with Crippen LogP contribution in [0.2, 0.25) is 0 Å². The van der Waals surface area contributed by atoms with Crippen molar-refractivity contribution in [2.75, 3.05) is 6.54 Å². The quantitative estimate of drug-likeness (QED) is 0.105. The molecule has 14 heteroatoms. The van der Waals surface area contributed by atoms with Crippen LogP contribution in [0.3, 0.4) is 0 Å². The third-order valence-corrected chi connectivity index (χ3v) is 4.39. The Morgan fingerprint density at radius 3 is 1.91 bits per heavy atom. The molecule has 0 fully saturated rings. The van der Waals surface area contributed by atoms with E-state index in [1.165, 1.54) is 6.92 Å². The fourth-order valence-corrected chi connectivity index (χ4v) is 2.55. The van der Waals surface area contributed by atoms with Crippen LogP contribution in [0.1, 0.15) is 45.4 Å². The summed E-state index contributed by atoms with van der Waals surface area (Å²) in [6, 6.07) is -4.86. The molecule has 5 amide bonds. The molecule has 0 saturated heterocycles. The van der Waals surface area contributed by atoms with Gasteiger partial charge in [-0.1, -0.05) is 0 Å². The van der Waals surface area contributed by atoms with Crippen molar-refractivity contribution in [1.82, 2.24) is 16.0 Å². The van der Waals surface area contributed by atoms with E-state index in [1.54, 1.807) is 0 Å². The van der Waals surface area contributed by atoms with Crippen LogP contribution in [0.25, 0.3) is 0 Å². The van der Waals surface area contributed by atoms with Gasteiger partial charge in [0.25, 0.3) is 0 Å². The van der Waals surface area contributed by atoms with Crippen LogP contribution >= 0.6 is 0 Å². The van der Waals surface area contributed by atoms with Gasteiger partial charge in [-0.25, -0.2) is 4.79 Å². The molecule has 0 radical (unpaired) electrons. The smallest absolute Gasteiger partial charge is 0.326 e. The summed E-state index contributed by atoms with van der Waals surface area (Å²) < 4.78 is 0. The maximum absolute atomic E-state index is 12.6. The van der Waals surface area contributed by atoms with Gasteiger partial charge in [-0.2, -0.15) is 0 Å². The van der Waals surface area contributed by atoms with E-state index in [4.69, 9.17) is 28.0 Å². The molecular weight excluding hydrogens is 426 g/mol. The van der Waals surface area contributed by atoms with E-state index in [1.807, 2.05) is 0 Å². The molecular formula is C18H33N7O7. The summed E-state index contributed by atoms with van der Waals surface area (Å²) >= 11 is 0. The molecule has 12 N–H and O–H groups in total. The van der Waals surface area contributed by atoms with Gasteiger partial charge in [0, 0.05) is 6.42 Å². The Morgan fingerprint density at radius 1 is 0.812 bits per heavy atom. The van der Waals surface area contributed by atoms with E-state index in [-0.39, 0.29) is 19.3 Å². The van der Waals surface area contributed by atoms with E-state index >= 15 is 0 Å². The SMILES string of the molecule is CC(NC(=O)C(CCCCN)NC(=O)C(N)CCC(N)=O)C(=O)NC(CC(N)=O)C(=O)O. The van der Waals surface area contributed by atoms with Crippen molar-refractivity contribution in [3.8, 4) is 0 Å². The molecule has 14 nitrogen and oxygen atoms in total. The van der Waals surface area contributed by atoms with Gasteiger partial charge in [0.15, 0.2) is 0 Å². The van der Waals surface area contributed by atoms with Crippen molar-refractivity contribution >= 4 is 35.5 Å². The number of aliphatic carboxylic acids is 1. The molecule has 182 valence electrons. The Morgan fingerprint density at radius 2 is 1.41 bits per heavy atom. The Labute approximate surface area is 185 Å². The number of amides is 5. The van der Waals surface area contributed by atoms with Gasteiger partial charge in [0.1, 0.15) is 18.1 Å². The molecule has 0 aliphatic rings. The Balaban J connectivity index is 5.08. The number of carboxylic acids is 1. The number of unbranched alkanes of at least 4 members (excludes halogenated alkanes) is 1. The van der Waals surface area contributed by atoms with Crippen molar-refractivity contribution in [2.24, 2.45) is 22.9 Å². The number of carbonyl (C=O) groups excluding carboxylic acids is 5. The van der Waals surface area contributed by atoms with Crippen molar-refractivity contribution < 1.29 is 33.9 Å². The number of hydrogen-bond donors (Lipinski definition) is 8. The summed E-state index contributed by atoms with van der Waals surface area (Å²) in [6.45, 7) is 1.67. The maximum Gasteiger partial charge on any atom is 0.326 e. The van der Waals surface area contributed by atoms with Crippen LogP contribution in [0.15, 0.2) is 0 Å². The number of primary amides is 2. The first-order valence-corrected chi connectivity index (χ1v) is 10.0. The third kappa shape index (κ3) is 11.8. The monoisotopic (exact) mass is 459 g/mol. The minimum Gasteiger partial charge on any atom is -0.480 e. The Kier molecular flexibility index (Phi) is 13.2. The molecule has 32 heavy (non-hydrogen) atoms. The molecule has 0 rings (SSSR count). The van der Waals surface area contributed by atoms with E-state index in [2.05, 4.69) is 16.0 Å². The molecule has 0 bridgehead atoms. The van der Waals surface area contributed by atoms with Crippen LogP contribution < -0.4 is 38.9 Å². The summed E-state index contributed by atoms with van der Waals surface area (Å²) in [4.78, 5) is 70.1. The summed E-state index contributed by atoms with van der Waals surface area (Å²) in [5, 5.41) is 16.0. The molecule has 0 spiro atoms. The van der Waals surface area contributed by atoms with Crippen molar-refractivity contribution in [1.29, 1.82) is 0 Å². The van der Waals surface area contributed by atoms with Crippen LogP contribution in [0, 0.1) is 0 Å². The Bertz CT molecular complexity index is 701. The van der Waals surface area contributed by atoms with Gasteiger partial charge in [-0.05, 0) is 39.2 Å². The highest BCUT2D eigenvalue weighted by Crippen LogP contribution is 2.04. The summed E-state index contributed by atoms with van der Waals surface area (Å²) in [6.07, 6.45) is 0.537. The standard InChI is InChI=1S/C18H33N7O7/c1-9(15(28)25-12(18(31)32)8-14(22)27)23-17(30)11(4-2-3-7-19)24-16(29)10(20)5-6-13(21)26/h9-12H,2-8,19-20H2,1H3,(H2,21,26)(H2,22,27)(H,23,30)(H,24,29)(H,25,28)(H,31,32). The lowest BCUT2D eigenvalue weighted by molar-refractivity contribution is -0.143. The van der Waals surface area contributed by atoms with Gasteiger partial charge in [-0.15, -0.1) is 0 Å². The van der Waals surface area contributed by atoms with Gasteiger partial charge in [0.05, 0.1) is 12.5 Å². The second-order valence-electron chi connectivity index (χ2n) is 7.26. The first-order valence-electron chi connectivity index (χ1n) is 10.0. The van der Waals surface area contributed by atoms with Crippen molar-refractivity contribution in [2.45, 2.75) is 69.6 Å². The number of carboxylic acid groups (broad SMARTS) is 1. The second-order valence-corrected chi connectivity index (χ2v) is 7.26. The van der Waals surface area contributed by atoms with Gasteiger partial charge in [-0.3, -0.25) is 24.0 Å². The molecule has 0 aromatic heterocycles. The minimum atomic E-state index is -1.55. The maximum atomic E-state index is 12.6. The average Bonchev–Trinajstić information content (AvgIpc) is 2.69. The number of hydrogen-bond acceptors (Lipinski definition) is 8. The predicted molar refractivity (Wildman–Crippen MR) is 112 cm³/mol. The normalized spacial score (nSPS) is 14.3. The van der Waals surface area contributed by atoms with E-state index in [9.17, 15) is 28.8 Å². The van der Waals surface area contributed by atoms with E-state index < -0.39 is 66.1 Å². The molecule has 0 saturated carbocycles. The van der Waals surface area contributed by atoms with Crippen molar-refractivity contribution in [3.05, 3.63) is 0 Å². The highest BCUT2D eigenvalue weighted by molar-refractivity contribution is 5.94. The highest BCUT2D eigenvalue weighted by atomic mass is 16.4. The zero-order chi connectivity index (χ0) is 24.8. The average molecular weight is 460 g/mol. The lowest BCUT2D eigenvalue weighted by atomic mass is 10.1. The molecule has 0 aliphatic heterocycles. The third-order valence-electron chi connectivity index (χ3n) is 4.39. The van der Waals surface area contributed by atoms with E-state index in [0.717, 1.165) is 0 Å². The molecule has 4 atom stereocenters. The van der Waals surface area contributed by atoms with Crippen LogP contribution in [0.5, 0.6) is 0 Å². The van der Waals surface area contributed by atoms with Crippen LogP contribution in [-0.2, 0) is 28.8 Å². The van der Waals surface area contributed by atoms with Gasteiger partial charge in [0.2, 0.25) is 29.5 Å².